The highest BCUT2D eigenvalue weighted by Crippen LogP contribution is 2.23. The van der Waals surface area contributed by atoms with Crippen LogP contribution in [0.5, 0.6) is 0 Å². The summed E-state index contributed by atoms with van der Waals surface area (Å²) in [7, 11) is 0. The number of hydrogen-bond acceptors (Lipinski definition) is 5. The van der Waals surface area contributed by atoms with Gasteiger partial charge in [-0.2, -0.15) is 0 Å². The Kier molecular flexibility index (Phi) is 5.14. The van der Waals surface area contributed by atoms with E-state index in [1.807, 2.05) is 18.2 Å². The van der Waals surface area contributed by atoms with Crippen LogP contribution in [-0.4, -0.2) is 27.9 Å². The number of anilines is 1. The number of furan rings is 1. The van der Waals surface area contributed by atoms with Crippen LogP contribution in [0.2, 0.25) is 0 Å². The largest absolute Gasteiger partial charge is 0.464 e. The third-order valence-corrected chi connectivity index (χ3v) is 4.92. The number of imidazole rings is 1. The van der Waals surface area contributed by atoms with Crippen LogP contribution in [-0.2, 0) is 27.2 Å². The molecule has 2 aromatic heterocycles. The number of fused-ring (bicyclic) bond motifs is 2. The molecule has 2 aromatic carbocycles. The molecule has 4 rings (SSSR count). The summed E-state index contributed by atoms with van der Waals surface area (Å²) in [5.74, 6) is -0.990. The molecule has 4 aromatic rings. The lowest BCUT2D eigenvalue weighted by molar-refractivity contribution is -0.152. The molecule has 2 heterocycles. The normalized spacial score (nSPS) is 12.2. The molecular formula is C22H21N3O5. The predicted octanol–water partition coefficient (Wildman–Crippen LogP) is 3.28. The number of amides is 1. The molecule has 30 heavy (non-hydrogen) atoms. The second-order valence-corrected chi connectivity index (χ2v) is 7.08. The Morgan fingerprint density at radius 3 is 2.73 bits per heavy atom. The second-order valence-electron chi connectivity index (χ2n) is 7.08. The maximum Gasteiger partial charge on any atom is 0.323 e. The van der Waals surface area contributed by atoms with Crippen molar-refractivity contribution in [3.8, 4) is 0 Å². The van der Waals surface area contributed by atoms with E-state index in [-0.39, 0.29) is 12.1 Å². The van der Waals surface area contributed by atoms with E-state index in [4.69, 9.17) is 9.15 Å². The SMILES string of the molecule is CCc1ccc2c(CC(=O)O[C@H](C)C(=O)Nc3ccc4[nH]c(=O)[nH]c4c3)coc2c1. The molecule has 1 amide bonds. The number of carbonyl (C=O) groups excluding carboxylic acids is 2. The highest BCUT2D eigenvalue weighted by molar-refractivity contribution is 5.97. The predicted molar refractivity (Wildman–Crippen MR) is 112 cm³/mol. The fraction of sp³-hybridized carbons (Fsp3) is 0.227. The van der Waals surface area contributed by atoms with Gasteiger partial charge in [0.25, 0.3) is 5.91 Å². The number of esters is 1. The summed E-state index contributed by atoms with van der Waals surface area (Å²) in [6.45, 7) is 3.56. The van der Waals surface area contributed by atoms with Crippen molar-refractivity contribution in [1.29, 1.82) is 0 Å². The van der Waals surface area contributed by atoms with E-state index in [9.17, 15) is 14.4 Å². The lowest BCUT2D eigenvalue weighted by Crippen LogP contribution is -2.30. The third-order valence-electron chi connectivity index (χ3n) is 4.92. The number of ether oxygens (including phenoxy) is 1. The van der Waals surface area contributed by atoms with Gasteiger partial charge in [0.05, 0.1) is 23.7 Å². The van der Waals surface area contributed by atoms with Crippen LogP contribution in [0.1, 0.15) is 25.0 Å². The molecule has 0 aliphatic heterocycles. The molecule has 0 bridgehead atoms. The van der Waals surface area contributed by atoms with Gasteiger partial charge in [-0.3, -0.25) is 9.59 Å². The van der Waals surface area contributed by atoms with Crippen molar-refractivity contribution in [1.82, 2.24) is 9.97 Å². The van der Waals surface area contributed by atoms with Crippen molar-refractivity contribution >= 4 is 39.6 Å². The maximum atomic E-state index is 12.4. The monoisotopic (exact) mass is 407 g/mol. The fourth-order valence-electron chi connectivity index (χ4n) is 3.29. The van der Waals surface area contributed by atoms with E-state index in [1.165, 1.54) is 6.92 Å². The molecule has 8 nitrogen and oxygen atoms in total. The number of aromatic amines is 2. The smallest absolute Gasteiger partial charge is 0.323 e. The van der Waals surface area contributed by atoms with Crippen molar-refractivity contribution in [3.63, 3.8) is 0 Å². The van der Waals surface area contributed by atoms with Crippen LogP contribution in [0.3, 0.4) is 0 Å². The summed E-state index contributed by atoms with van der Waals surface area (Å²) in [5.41, 5.74) is 3.95. The number of aryl methyl sites for hydroxylation is 1. The van der Waals surface area contributed by atoms with Gasteiger partial charge in [0.2, 0.25) is 0 Å². The summed E-state index contributed by atoms with van der Waals surface area (Å²) in [6.07, 6.45) is 1.46. The minimum atomic E-state index is -0.983. The molecule has 0 spiro atoms. The standard InChI is InChI=1S/C22H21N3O5/c1-3-13-4-6-16-14(11-29-19(16)8-13)9-20(26)30-12(2)21(27)23-15-5-7-17-18(10-15)25-22(28)24-17/h4-8,10-12H,3,9H2,1-2H3,(H,23,27)(H2,24,25,28)/t12-/m1/s1. The lowest BCUT2D eigenvalue weighted by atomic mass is 10.1. The first kappa shape index (κ1) is 19.5. The molecule has 0 aliphatic carbocycles. The first-order valence-corrected chi connectivity index (χ1v) is 9.64. The van der Waals surface area contributed by atoms with Crippen molar-refractivity contribution in [2.75, 3.05) is 5.32 Å². The molecule has 0 radical (unpaired) electrons. The number of rotatable bonds is 6. The fourth-order valence-corrected chi connectivity index (χ4v) is 3.29. The minimum Gasteiger partial charge on any atom is -0.464 e. The van der Waals surface area contributed by atoms with E-state index in [0.717, 1.165) is 23.0 Å². The number of H-pyrrole nitrogens is 2. The molecule has 0 saturated carbocycles. The summed E-state index contributed by atoms with van der Waals surface area (Å²) in [6, 6.07) is 10.8. The Labute approximate surface area is 171 Å². The zero-order chi connectivity index (χ0) is 21.3. The van der Waals surface area contributed by atoms with Crippen LogP contribution >= 0.6 is 0 Å². The van der Waals surface area contributed by atoms with Gasteiger partial charge in [0, 0.05) is 16.6 Å². The van der Waals surface area contributed by atoms with Gasteiger partial charge >= 0.3 is 11.7 Å². The Morgan fingerprint density at radius 2 is 1.93 bits per heavy atom. The van der Waals surface area contributed by atoms with Crippen LogP contribution in [0, 0.1) is 0 Å². The van der Waals surface area contributed by atoms with Crippen LogP contribution < -0.4 is 11.0 Å². The molecule has 0 unspecified atom stereocenters. The van der Waals surface area contributed by atoms with E-state index < -0.39 is 18.0 Å². The number of aromatic nitrogens is 2. The topological polar surface area (TPSA) is 117 Å². The van der Waals surface area contributed by atoms with Crippen molar-refractivity contribution in [2.45, 2.75) is 32.8 Å². The quantitative estimate of drug-likeness (QED) is 0.424. The van der Waals surface area contributed by atoms with Crippen molar-refractivity contribution in [2.24, 2.45) is 0 Å². The Hall–Kier alpha value is -3.81. The van der Waals surface area contributed by atoms with Crippen molar-refractivity contribution < 1.29 is 18.7 Å². The van der Waals surface area contributed by atoms with Gasteiger partial charge in [0.1, 0.15) is 5.58 Å². The zero-order valence-electron chi connectivity index (χ0n) is 16.6. The van der Waals surface area contributed by atoms with Gasteiger partial charge in [0.15, 0.2) is 6.10 Å². The molecule has 0 aliphatic rings. The number of nitrogens with one attached hydrogen (secondary N) is 3. The molecule has 0 fully saturated rings. The number of carbonyl (C=O) groups is 2. The summed E-state index contributed by atoms with van der Waals surface area (Å²) < 4.78 is 10.8. The van der Waals surface area contributed by atoms with E-state index in [1.54, 1.807) is 24.5 Å². The summed E-state index contributed by atoms with van der Waals surface area (Å²) in [4.78, 5) is 41.3. The van der Waals surface area contributed by atoms with Crippen LogP contribution in [0.25, 0.3) is 22.0 Å². The molecule has 154 valence electrons. The van der Waals surface area contributed by atoms with Gasteiger partial charge in [-0.1, -0.05) is 19.1 Å². The van der Waals surface area contributed by atoms with Crippen LogP contribution in [0.15, 0.2) is 51.9 Å². The first-order valence-electron chi connectivity index (χ1n) is 9.64. The maximum absolute atomic E-state index is 12.4. The summed E-state index contributed by atoms with van der Waals surface area (Å²) in [5, 5.41) is 3.54. The van der Waals surface area contributed by atoms with Gasteiger partial charge in [-0.15, -0.1) is 0 Å². The molecule has 1 atom stereocenters. The Balaban J connectivity index is 1.38. The van der Waals surface area contributed by atoms with Gasteiger partial charge in [-0.25, -0.2) is 4.79 Å². The minimum absolute atomic E-state index is 0.00659. The average molecular weight is 407 g/mol. The molecular weight excluding hydrogens is 386 g/mol. The van der Waals surface area contributed by atoms with Gasteiger partial charge in [-0.05, 0) is 43.2 Å². The van der Waals surface area contributed by atoms with E-state index >= 15 is 0 Å². The first-order chi connectivity index (χ1) is 14.4. The third kappa shape index (κ3) is 3.98. The summed E-state index contributed by atoms with van der Waals surface area (Å²) >= 11 is 0. The Morgan fingerprint density at radius 1 is 1.13 bits per heavy atom. The Bertz CT molecular complexity index is 1300. The highest BCUT2D eigenvalue weighted by atomic mass is 16.5. The molecule has 8 heteroatoms. The highest BCUT2D eigenvalue weighted by Gasteiger charge is 2.20. The van der Waals surface area contributed by atoms with E-state index in [0.29, 0.717) is 22.3 Å². The van der Waals surface area contributed by atoms with Gasteiger partial charge < -0.3 is 24.4 Å². The molecule has 0 saturated heterocycles. The van der Waals surface area contributed by atoms with Crippen molar-refractivity contribution in [3.05, 3.63) is 64.3 Å². The van der Waals surface area contributed by atoms with Crippen LogP contribution in [0.4, 0.5) is 5.69 Å². The van der Waals surface area contributed by atoms with E-state index in [2.05, 4.69) is 22.2 Å². The lowest BCUT2D eigenvalue weighted by Gasteiger charge is -2.13. The number of benzene rings is 2. The number of hydrogen-bond donors (Lipinski definition) is 3. The second kappa shape index (κ2) is 7.90. The molecule has 3 N–H and O–H groups in total. The zero-order valence-corrected chi connectivity index (χ0v) is 16.6. The average Bonchev–Trinajstić information content (AvgIpc) is 3.29.